The molecule has 44 heavy (non-hydrogen) atoms. The van der Waals surface area contributed by atoms with Crippen molar-refractivity contribution in [1.82, 2.24) is 5.43 Å². The fraction of sp³-hybridized carbons (Fsp3) is 0.167. The van der Waals surface area contributed by atoms with Gasteiger partial charge in [-0.1, -0.05) is 90.5 Å². The largest absolute Gasteiger partial charge is 0.493 e. The summed E-state index contributed by atoms with van der Waals surface area (Å²) in [5.74, 6) is 1.90. The SMILES string of the molecule is CCOc1cc(COc2c(Cl)cc(/C=N/NC(=O)Cc3cccc4ccccc34)cc2OC)ccc1OCc1ccccc1. The van der Waals surface area contributed by atoms with Crippen LogP contribution in [-0.2, 0) is 24.4 Å². The lowest BCUT2D eigenvalue weighted by Crippen LogP contribution is -2.19. The average molecular weight is 609 g/mol. The van der Waals surface area contributed by atoms with Crippen LogP contribution in [0.4, 0.5) is 0 Å². The fourth-order valence-corrected chi connectivity index (χ4v) is 4.99. The van der Waals surface area contributed by atoms with Crippen LogP contribution >= 0.6 is 11.6 Å². The van der Waals surface area contributed by atoms with Crippen molar-refractivity contribution in [1.29, 1.82) is 0 Å². The maximum atomic E-state index is 12.6. The fourth-order valence-electron chi connectivity index (χ4n) is 4.71. The molecule has 1 N–H and O–H groups in total. The summed E-state index contributed by atoms with van der Waals surface area (Å²) < 4.78 is 23.5. The third kappa shape index (κ3) is 7.88. The number of ether oxygens (including phenoxy) is 4. The van der Waals surface area contributed by atoms with Gasteiger partial charge in [0.15, 0.2) is 23.0 Å². The van der Waals surface area contributed by atoms with Gasteiger partial charge in [0.25, 0.3) is 0 Å². The molecule has 5 aromatic carbocycles. The number of hydrazone groups is 1. The number of methoxy groups -OCH3 is 1. The molecular formula is C36H33ClN2O5. The zero-order valence-electron chi connectivity index (χ0n) is 24.6. The molecule has 0 atom stereocenters. The Morgan fingerprint density at radius 3 is 2.39 bits per heavy atom. The van der Waals surface area contributed by atoms with Crippen LogP contribution in [0.1, 0.15) is 29.2 Å². The third-order valence-corrected chi connectivity index (χ3v) is 7.09. The molecule has 0 aliphatic heterocycles. The number of benzene rings is 5. The van der Waals surface area contributed by atoms with Gasteiger partial charge in [-0.2, -0.15) is 5.10 Å². The monoisotopic (exact) mass is 608 g/mol. The number of hydrogen-bond acceptors (Lipinski definition) is 6. The van der Waals surface area contributed by atoms with Gasteiger partial charge in [-0.3, -0.25) is 4.79 Å². The Morgan fingerprint density at radius 1 is 0.795 bits per heavy atom. The third-order valence-electron chi connectivity index (χ3n) is 6.81. The lowest BCUT2D eigenvalue weighted by Gasteiger charge is -2.16. The zero-order valence-corrected chi connectivity index (χ0v) is 25.3. The van der Waals surface area contributed by atoms with E-state index in [9.17, 15) is 4.79 Å². The van der Waals surface area contributed by atoms with E-state index in [1.165, 1.54) is 13.3 Å². The number of fused-ring (bicyclic) bond motifs is 1. The quantitative estimate of drug-likeness (QED) is 0.109. The van der Waals surface area contributed by atoms with Crippen LogP contribution in [0.15, 0.2) is 108 Å². The first-order valence-electron chi connectivity index (χ1n) is 14.3. The van der Waals surface area contributed by atoms with Crippen LogP contribution in [-0.4, -0.2) is 25.8 Å². The molecule has 0 aromatic heterocycles. The van der Waals surface area contributed by atoms with Crippen molar-refractivity contribution in [2.24, 2.45) is 5.10 Å². The molecule has 0 spiro atoms. The van der Waals surface area contributed by atoms with Crippen LogP contribution in [0.3, 0.4) is 0 Å². The van der Waals surface area contributed by atoms with Crippen molar-refractivity contribution in [3.8, 4) is 23.0 Å². The maximum absolute atomic E-state index is 12.6. The highest BCUT2D eigenvalue weighted by Gasteiger charge is 2.14. The molecule has 8 heteroatoms. The molecule has 0 bridgehead atoms. The highest BCUT2D eigenvalue weighted by molar-refractivity contribution is 6.32. The first-order valence-corrected chi connectivity index (χ1v) is 14.6. The Kier molecular flexibility index (Phi) is 10.3. The van der Waals surface area contributed by atoms with Gasteiger partial charge in [-0.25, -0.2) is 5.43 Å². The van der Waals surface area contributed by atoms with Crippen LogP contribution in [0.5, 0.6) is 23.0 Å². The van der Waals surface area contributed by atoms with Crippen LogP contribution in [0, 0.1) is 0 Å². The van der Waals surface area contributed by atoms with Gasteiger partial charge in [0, 0.05) is 0 Å². The summed E-state index contributed by atoms with van der Waals surface area (Å²) >= 11 is 6.59. The molecule has 0 unspecified atom stereocenters. The average Bonchev–Trinajstić information content (AvgIpc) is 3.04. The summed E-state index contributed by atoms with van der Waals surface area (Å²) in [6.45, 7) is 3.09. The first kappa shape index (κ1) is 30.4. The van der Waals surface area contributed by atoms with Crippen molar-refractivity contribution in [3.63, 3.8) is 0 Å². The topological polar surface area (TPSA) is 78.4 Å². The van der Waals surface area contributed by atoms with Gasteiger partial charge in [0.1, 0.15) is 13.2 Å². The van der Waals surface area contributed by atoms with Gasteiger partial charge in [-0.05, 0) is 64.2 Å². The minimum Gasteiger partial charge on any atom is -0.493 e. The standard InChI is InChI=1S/C36H33ClN2O5/c1-3-42-33-19-26(16-17-32(33)43-23-25-10-5-4-6-11-25)24-44-36-31(37)18-27(20-34(36)41-2)22-38-39-35(40)21-29-14-9-13-28-12-7-8-15-30(28)29/h4-20,22H,3,21,23-24H2,1-2H3,(H,39,40)/b38-22+. The molecule has 0 heterocycles. The molecule has 224 valence electrons. The smallest absolute Gasteiger partial charge is 0.244 e. The second-order valence-corrected chi connectivity index (χ2v) is 10.3. The van der Waals surface area contributed by atoms with Crippen LogP contribution in [0.25, 0.3) is 10.8 Å². The highest BCUT2D eigenvalue weighted by atomic mass is 35.5. The van der Waals surface area contributed by atoms with E-state index in [2.05, 4.69) is 10.5 Å². The summed E-state index contributed by atoms with van der Waals surface area (Å²) in [5.41, 5.74) is 6.11. The maximum Gasteiger partial charge on any atom is 0.244 e. The lowest BCUT2D eigenvalue weighted by atomic mass is 10.0. The van der Waals surface area contributed by atoms with E-state index in [1.807, 2.05) is 97.9 Å². The van der Waals surface area contributed by atoms with Crippen molar-refractivity contribution < 1.29 is 23.7 Å². The van der Waals surface area contributed by atoms with E-state index in [-0.39, 0.29) is 18.9 Å². The molecule has 0 radical (unpaired) electrons. The Labute approximate surface area is 262 Å². The Morgan fingerprint density at radius 2 is 1.57 bits per heavy atom. The van der Waals surface area contributed by atoms with E-state index < -0.39 is 0 Å². The van der Waals surface area contributed by atoms with E-state index in [4.69, 9.17) is 30.5 Å². The molecule has 0 aliphatic rings. The second kappa shape index (κ2) is 14.9. The van der Waals surface area contributed by atoms with Gasteiger partial charge < -0.3 is 18.9 Å². The van der Waals surface area contributed by atoms with Crippen LogP contribution < -0.4 is 24.4 Å². The minimum atomic E-state index is -0.224. The number of carbonyl (C=O) groups excluding carboxylic acids is 1. The normalized spacial score (nSPS) is 11.0. The van der Waals surface area contributed by atoms with Gasteiger partial charge in [-0.15, -0.1) is 0 Å². The van der Waals surface area contributed by atoms with Crippen LogP contribution in [0.2, 0.25) is 5.02 Å². The van der Waals surface area contributed by atoms with E-state index >= 15 is 0 Å². The summed E-state index contributed by atoms with van der Waals surface area (Å²) in [5, 5.41) is 6.60. The minimum absolute atomic E-state index is 0.209. The molecule has 5 rings (SSSR count). The summed E-state index contributed by atoms with van der Waals surface area (Å²) in [4.78, 5) is 12.6. The number of nitrogens with one attached hydrogen (secondary N) is 1. The van der Waals surface area contributed by atoms with Gasteiger partial charge in [0.2, 0.25) is 5.91 Å². The highest BCUT2D eigenvalue weighted by Crippen LogP contribution is 2.37. The van der Waals surface area contributed by atoms with Gasteiger partial charge in [0.05, 0.1) is 31.4 Å². The zero-order chi connectivity index (χ0) is 30.7. The number of nitrogens with zero attached hydrogens (tertiary/aromatic N) is 1. The summed E-state index contributed by atoms with van der Waals surface area (Å²) in [6.07, 6.45) is 1.72. The predicted octanol–water partition coefficient (Wildman–Crippen LogP) is 7.75. The van der Waals surface area contributed by atoms with E-state index in [0.29, 0.717) is 46.8 Å². The summed E-state index contributed by atoms with van der Waals surface area (Å²) in [7, 11) is 1.54. The van der Waals surface area contributed by atoms with Crippen molar-refractivity contribution in [2.45, 2.75) is 26.6 Å². The Hall–Kier alpha value is -5.01. The van der Waals surface area contributed by atoms with Crippen molar-refractivity contribution in [3.05, 3.63) is 130 Å². The molecule has 0 saturated carbocycles. The number of rotatable bonds is 13. The molecule has 0 fully saturated rings. The first-order chi connectivity index (χ1) is 21.5. The summed E-state index contributed by atoms with van der Waals surface area (Å²) in [6, 6.07) is 33.0. The second-order valence-electron chi connectivity index (χ2n) is 9.92. The van der Waals surface area contributed by atoms with E-state index in [0.717, 1.165) is 27.5 Å². The Bertz CT molecular complexity index is 1750. The molecule has 7 nitrogen and oxygen atoms in total. The Balaban J connectivity index is 1.21. The molecule has 0 aliphatic carbocycles. The number of hydrogen-bond donors (Lipinski definition) is 1. The number of halogens is 1. The molecular weight excluding hydrogens is 576 g/mol. The predicted molar refractivity (Wildman–Crippen MR) is 174 cm³/mol. The number of carbonyl (C=O) groups is 1. The lowest BCUT2D eigenvalue weighted by molar-refractivity contribution is -0.120. The van der Waals surface area contributed by atoms with Crippen molar-refractivity contribution >= 4 is 34.5 Å². The molecule has 1 amide bonds. The van der Waals surface area contributed by atoms with E-state index in [1.54, 1.807) is 12.1 Å². The number of amides is 1. The van der Waals surface area contributed by atoms with Crippen molar-refractivity contribution in [2.75, 3.05) is 13.7 Å². The van der Waals surface area contributed by atoms with Gasteiger partial charge >= 0.3 is 0 Å². The molecule has 0 saturated heterocycles. The molecule has 5 aromatic rings.